The molecule has 0 spiro atoms. The molecule has 1 saturated carbocycles. The number of hydrogen-bond acceptors (Lipinski definition) is 1. The molecule has 2 aliphatic rings. The highest BCUT2D eigenvalue weighted by Gasteiger charge is 2.37. The van der Waals surface area contributed by atoms with E-state index in [0.29, 0.717) is 0 Å². The molecule has 2 unspecified atom stereocenters. The number of hydrogen-bond donors (Lipinski definition) is 0. The van der Waals surface area contributed by atoms with Crippen LogP contribution in [0.4, 0.5) is 0 Å². The zero-order valence-electron chi connectivity index (χ0n) is 7.01. The number of rotatable bonds is 0. The summed E-state index contributed by atoms with van der Waals surface area (Å²) in [5.41, 5.74) is 0. The molecule has 0 aromatic carbocycles. The van der Waals surface area contributed by atoms with Crippen LogP contribution in [0.3, 0.4) is 0 Å². The molecule has 2 rings (SSSR count). The zero-order chi connectivity index (χ0) is 7.14. The summed E-state index contributed by atoms with van der Waals surface area (Å²) in [5, 5.41) is 0. The highest BCUT2D eigenvalue weighted by Crippen LogP contribution is 2.40. The lowest BCUT2D eigenvalue weighted by Crippen LogP contribution is -2.15. The fourth-order valence-electron chi connectivity index (χ4n) is 2.84. The zero-order valence-corrected chi connectivity index (χ0v) is 7.01. The summed E-state index contributed by atoms with van der Waals surface area (Å²) < 4.78 is 0. The van der Waals surface area contributed by atoms with Crippen LogP contribution in [-0.4, -0.2) is 25.0 Å². The number of fused-ring (bicyclic) bond motifs is 1. The van der Waals surface area contributed by atoms with E-state index in [1.54, 1.807) is 0 Å². The molecule has 0 aromatic heterocycles. The van der Waals surface area contributed by atoms with Crippen LogP contribution in [0.1, 0.15) is 19.8 Å². The van der Waals surface area contributed by atoms with Gasteiger partial charge >= 0.3 is 0 Å². The van der Waals surface area contributed by atoms with E-state index in [0.717, 1.165) is 17.8 Å². The van der Waals surface area contributed by atoms with Crippen LogP contribution in [0.2, 0.25) is 0 Å². The van der Waals surface area contributed by atoms with Crippen molar-refractivity contribution in [3.8, 4) is 0 Å². The Kier molecular flexibility index (Phi) is 1.48. The van der Waals surface area contributed by atoms with Gasteiger partial charge in [-0.2, -0.15) is 0 Å². The standard InChI is InChI=1S/C9H17N/c1-7-3-8-5-10(2)6-9(8)4-7/h7-9H,3-6H2,1-2H3. The van der Waals surface area contributed by atoms with E-state index in [4.69, 9.17) is 0 Å². The van der Waals surface area contributed by atoms with E-state index in [1.807, 2.05) is 0 Å². The lowest BCUT2D eigenvalue weighted by Gasteiger charge is -2.09. The lowest BCUT2D eigenvalue weighted by molar-refractivity contribution is 0.360. The van der Waals surface area contributed by atoms with Gasteiger partial charge in [-0.3, -0.25) is 0 Å². The van der Waals surface area contributed by atoms with Crippen molar-refractivity contribution >= 4 is 0 Å². The topological polar surface area (TPSA) is 3.24 Å². The van der Waals surface area contributed by atoms with E-state index in [2.05, 4.69) is 18.9 Å². The van der Waals surface area contributed by atoms with Gasteiger partial charge in [-0.25, -0.2) is 0 Å². The summed E-state index contributed by atoms with van der Waals surface area (Å²) in [5.74, 6) is 3.13. The van der Waals surface area contributed by atoms with Crippen LogP contribution >= 0.6 is 0 Å². The molecule has 1 aliphatic heterocycles. The fraction of sp³-hybridized carbons (Fsp3) is 1.00. The predicted octanol–water partition coefficient (Wildman–Crippen LogP) is 1.59. The molecule has 2 fully saturated rings. The van der Waals surface area contributed by atoms with Crippen LogP contribution in [0.25, 0.3) is 0 Å². The van der Waals surface area contributed by atoms with Gasteiger partial charge in [0.25, 0.3) is 0 Å². The summed E-state index contributed by atoms with van der Waals surface area (Å²) in [6.07, 6.45) is 2.99. The smallest absolute Gasteiger partial charge is 0.000995 e. The minimum absolute atomic E-state index is 1.02. The minimum atomic E-state index is 1.02. The summed E-state index contributed by atoms with van der Waals surface area (Å²) in [4.78, 5) is 2.49. The molecule has 2 atom stereocenters. The number of nitrogens with zero attached hydrogens (tertiary/aromatic N) is 1. The maximum absolute atomic E-state index is 2.49. The first-order chi connectivity index (χ1) is 4.75. The molecule has 1 saturated heterocycles. The molecule has 0 amide bonds. The van der Waals surface area contributed by atoms with E-state index in [-0.39, 0.29) is 0 Å². The monoisotopic (exact) mass is 139 g/mol. The summed E-state index contributed by atoms with van der Waals surface area (Å²) in [6, 6.07) is 0. The van der Waals surface area contributed by atoms with Crippen LogP contribution in [0.15, 0.2) is 0 Å². The summed E-state index contributed by atoms with van der Waals surface area (Å²) in [6.45, 7) is 5.14. The van der Waals surface area contributed by atoms with Crippen molar-refractivity contribution in [2.75, 3.05) is 20.1 Å². The molecule has 1 heteroatoms. The Morgan fingerprint density at radius 2 is 1.60 bits per heavy atom. The van der Waals surface area contributed by atoms with Gasteiger partial charge in [0, 0.05) is 13.1 Å². The lowest BCUT2D eigenvalue weighted by atomic mass is 10.0. The molecular weight excluding hydrogens is 122 g/mol. The fourth-order valence-corrected chi connectivity index (χ4v) is 2.84. The van der Waals surface area contributed by atoms with E-state index < -0.39 is 0 Å². The Hall–Kier alpha value is -0.0400. The third-order valence-corrected chi connectivity index (χ3v) is 3.17. The average molecular weight is 139 g/mol. The molecule has 1 aliphatic carbocycles. The van der Waals surface area contributed by atoms with Crippen molar-refractivity contribution in [2.45, 2.75) is 19.8 Å². The van der Waals surface area contributed by atoms with E-state index >= 15 is 0 Å². The highest BCUT2D eigenvalue weighted by atomic mass is 15.1. The average Bonchev–Trinajstić information content (AvgIpc) is 2.21. The van der Waals surface area contributed by atoms with Gasteiger partial charge in [0.05, 0.1) is 0 Å². The van der Waals surface area contributed by atoms with Gasteiger partial charge in [-0.05, 0) is 37.6 Å². The predicted molar refractivity (Wildman–Crippen MR) is 42.9 cm³/mol. The Balaban J connectivity index is 2.00. The van der Waals surface area contributed by atoms with E-state index in [9.17, 15) is 0 Å². The normalized spacial score (nSPS) is 48.0. The van der Waals surface area contributed by atoms with Crippen molar-refractivity contribution in [1.82, 2.24) is 4.90 Å². The van der Waals surface area contributed by atoms with Crippen LogP contribution < -0.4 is 0 Å². The molecule has 58 valence electrons. The van der Waals surface area contributed by atoms with Gasteiger partial charge in [-0.1, -0.05) is 6.92 Å². The Bertz CT molecular complexity index is 105. The largest absolute Gasteiger partial charge is 0.306 e. The summed E-state index contributed by atoms with van der Waals surface area (Å²) in [7, 11) is 2.25. The number of likely N-dealkylation sites (tertiary alicyclic amines) is 1. The SMILES string of the molecule is CC1CC2CN(C)CC2C1. The van der Waals surface area contributed by atoms with Crippen molar-refractivity contribution in [3.05, 3.63) is 0 Å². The maximum Gasteiger partial charge on any atom is 0.000995 e. The Labute approximate surface area is 63.4 Å². The van der Waals surface area contributed by atoms with Gasteiger partial charge in [0.2, 0.25) is 0 Å². The van der Waals surface area contributed by atoms with Crippen molar-refractivity contribution < 1.29 is 0 Å². The third kappa shape index (κ3) is 0.968. The minimum Gasteiger partial charge on any atom is -0.306 e. The molecule has 0 N–H and O–H groups in total. The second-order valence-electron chi connectivity index (χ2n) is 4.32. The maximum atomic E-state index is 2.49. The van der Waals surface area contributed by atoms with Gasteiger partial charge in [0.15, 0.2) is 0 Å². The van der Waals surface area contributed by atoms with Crippen molar-refractivity contribution in [3.63, 3.8) is 0 Å². The Morgan fingerprint density at radius 1 is 1.10 bits per heavy atom. The molecule has 1 heterocycles. The van der Waals surface area contributed by atoms with Gasteiger partial charge in [0.1, 0.15) is 0 Å². The third-order valence-electron chi connectivity index (χ3n) is 3.17. The first kappa shape index (κ1) is 6.66. The molecule has 0 radical (unpaired) electrons. The highest BCUT2D eigenvalue weighted by molar-refractivity contribution is 4.89. The molecular formula is C9H17N. The summed E-state index contributed by atoms with van der Waals surface area (Å²) >= 11 is 0. The van der Waals surface area contributed by atoms with Gasteiger partial charge < -0.3 is 4.90 Å². The second kappa shape index (κ2) is 2.23. The van der Waals surface area contributed by atoms with Gasteiger partial charge in [-0.15, -0.1) is 0 Å². The van der Waals surface area contributed by atoms with Crippen LogP contribution in [-0.2, 0) is 0 Å². The van der Waals surface area contributed by atoms with Crippen LogP contribution in [0.5, 0.6) is 0 Å². The quantitative estimate of drug-likeness (QED) is 0.492. The first-order valence-electron chi connectivity index (χ1n) is 4.44. The van der Waals surface area contributed by atoms with Crippen LogP contribution in [0, 0.1) is 17.8 Å². The molecule has 0 bridgehead atoms. The molecule has 10 heavy (non-hydrogen) atoms. The molecule has 1 nitrogen and oxygen atoms in total. The Morgan fingerprint density at radius 3 is 2.10 bits per heavy atom. The second-order valence-corrected chi connectivity index (χ2v) is 4.32. The van der Waals surface area contributed by atoms with Crippen molar-refractivity contribution in [1.29, 1.82) is 0 Å². The molecule has 0 aromatic rings. The van der Waals surface area contributed by atoms with Crippen molar-refractivity contribution in [2.24, 2.45) is 17.8 Å². The first-order valence-corrected chi connectivity index (χ1v) is 4.44. The van der Waals surface area contributed by atoms with E-state index in [1.165, 1.54) is 25.9 Å².